The first-order valence-corrected chi connectivity index (χ1v) is 14.5. The molecule has 2 aliphatic heterocycles. The van der Waals surface area contributed by atoms with Crippen LogP contribution in [0.15, 0.2) is 91.0 Å². The summed E-state index contributed by atoms with van der Waals surface area (Å²) in [5.41, 5.74) is 2.05. The molecule has 2 saturated heterocycles. The van der Waals surface area contributed by atoms with Crippen LogP contribution in [-0.2, 0) is 27.4 Å². The SMILES string of the molecule is O=C(NCCC[C@@H]1NC(=O)C2(CCN(CCc3ccccc3)CC2)N(c2ccccc2)C1=O)OCc1ccccc1. The Morgan fingerprint density at radius 2 is 1.49 bits per heavy atom. The van der Waals surface area contributed by atoms with Crippen molar-refractivity contribution in [1.29, 1.82) is 0 Å². The largest absolute Gasteiger partial charge is 0.445 e. The minimum Gasteiger partial charge on any atom is -0.445 e. The average molecular weight is 555 g/mol. The molecule has 3 amide bonds. The Hall–Kier alpha value is -4.17. The average Bonchev–Trinajstić information content (AvgIpc) is 3.02. The smallest absolute Gasteiger partial charge is 0.407 e. The van der Waals surface area contributed by atoms with Gasteiger partial charge < -0.3 is 20.3 Å². The molecule has 2 fully saturated rings. The molecule has 41 heavy (non-hydrogen) atoms. The zero-order valence-electron chi connectivity index (χ0n) is 23.3. The number of anilines is 1. The van der Waals surface area contributed by atoms with Gasteiger partial charge in [0.05, 0.1) is 0 Å². The minimum absolute atomic E-state index is 0.0936. The van der Waals surface area contributed by atoms with Crippen molar-refractivity contribution in [2.45, 2.75) is 50.3 Å². The quantitative estimate of drug-likeness (QED) is 0.365. The summed E-state index contributed by atoms with van der Waals surface area (Å²) in [5, 5.41) is 5.78. The van der Waals surface area contributed by atoms with E-state index < -0.39 is 17.7 Å². The Bertz CT molecular complexity index is 1290. The van der Waals surface area contributed by atoms with Crippen LogP contribution in [0.4, 0.5) is 10.5 Å². The maximum absolute atomic E-state index is 13.9. The predicted octanol–water partition coefficient (Wildman–Crippen LogP) is 4.30. The highest BCUT2D eigenvalue weighted by molar-refractivity contribution is 6.11. The number of benzene rings is 3. The molecular weight excluding hydrogens is 516 g/mol. The number of piperazine rings is 1. The van der Waals surface area contributed by atoms with Crippen LogP contribution in [0.1, 0.15) is 36.8 Å². The number of hydrogen-bond acceptors (Lipinski definition) is 5. The second-order valence-corrected chi connectivity index (χ2v) is 10.8. The third kappa shape index (κ3) is 6.95. The molecule has 214 valence electrons. The lowest BCUT2D eigenvalue weighted by molar-refractivity contribution is -0.140. The van der Waals surface area contributed by atoms with Gasteiger partial charge in [-0.15, -0.1) is 0 Å². The van der Waals surface area contributed by atoms with Crippen LogP contribution in [0, 0.1) is 0 Å². The van der Waals surface area contributed by atoms with Crippen LogP contribution < -0.4 is 15.5 Å². The molecular formula is C33H38N4O4. The van der Waals surface area contributed by atoms with Crippen LogP contribution in [0.3, 0.4) is 0 Å². The first kappa shape index (κ1) is 28.4. The standard InChI is InChI=1S/C33H38N4O4/c38-30-29(17-10-21-34-32(40)41-25-27-13-6-2-7-14-27)35-31(39)33(37(30)28-15-8-3-9-16-28)19-23-36(24-20-33)22-18-26-11-4-1-5-12-26/h1-9,11-16,29H,10,17-25H2,(H,34,40)(H,35,39)/t29-/m0/s1. The van der Waals surface area contributed by atoms with E-state index in [0.29, 0.717) is 32.2 Å². The first-order chi connectivity index (χ1) is 20.0. The van der Waals surface area contributed by atoms with Crippen molar-refractivity contribution in [3.63, 3.8) is 0 Å². The lowest BCUT2D eigenvalue weighted by Crippen LogP contribution is -2.73. The van der Waals surface area contributed by atoms with E-state index in [9.17, 15) is 14.4 Å². The number of amides is 3. The van der Waals surface area contributed by atoms with Gasteiger partial charge in [-0.05, 0) is 55.4 Å². The fourth-order valence-electron chi connectivity index (χ4n) is 5.77. The Balaban J connectivity index is 1.17. The number of likely N-dealkylation sites (tertiary alicyclic amines) is 1. The Kier molecular flexibility index (Phi) is 9.31. The number of piperidine rings is 1. The number of nitrogens with one attached hydrogen (secondary N) is 2. The zero-order chi connectivity index (χ0) is 28.5. The summed E-state index contributed by atoms with van der Waals surface area (Å²) in [5.74, 6) is -0.191. The summed E-state index contributed by atoms with van der Waals surface area (Å²) in [4.78, 5) is 43.9. The summed E-state index contributed by atoms with van der Waals surface area (Å²) in [6.45, 7) is 2.96. The molecule has 2 heterocycles. The van der Waals surface area contributed by atoms with Crippen molar-refractivity contribution in [3.8, 4) is 0 Å². The molecule has 3 aromatic carbocycles. The molecule has 0 saturated carbocycles. The number of rotatable bonds is 10. The van der Waals surface area contributed by atoms with Crippen molar-refractivity contribution in [1.82, 2.24) is 15.5 Å². The molecule has 0 unspecified atom stereocenters. The van der Waals surface area contributed by atoms with Gasteiger partial charge in [-0.25, -0.2) is 4.79 Å². The number of para-hydroxylation sites is 1. The third-order valence-corrected chi connectivity index (χ3v) is 8.08. The summed E-state index contributed by atoms with van der Waals surface area (Å²) in [6, 6.07) is 28.8. The monoisotopic (exact) mass is 554 g/mol. The number of nitrogens with zero attached hydrogens (tertiary/aromatic N) is 2. The van der Waals surface area contributed by atoms with Crippen molar-refractivity contribution in [2.75, 3.05) is 31.1 Å². The van der Waals surface area contributed by atoms with Crippen LogP contribution in [0.5, 0.6) is 0 Å². The number of carbonyl (C=O) groups excluding carboxylic acids is 3. The molecule has 0 radical (unpaired) electrons. The lowest BCUT2D eigenvalue weighted by Gasteiger charge is -2.51. The number of hydrogen-bond donors (Lipinski definition) is 2. The Morgan fingerprint density at radius 3 is 2.15 bits per heavy atom. The van der Waals surface area contributed by atoms with Gasteiger partial charge in [0.2, 0.25) is 5.91 Å². The molecule has 2 N–H and O–H groups in total. The molecule has 8 nitrogen and oxygen atoms in total. The summed E-state index contributed by atoms with van der Waals surface area (Å²) >= 11 is 0. The Labute approximate surface area is 241 Å². The lowest BCUT2D eigenvalue weighted by atomic mass is 9.80. The van der Waals surface area contributed by atoms with Gasteiger partial charge in [0, 0.05) is 31.9 Å². The van der Waals surface area contributed by atoms with Gasteiger partial charge >= 0.3 is 6.09 Å². The van der Waals surface area contributed by atoms with Crippen LogP contribution in [0.25, 0.3) is 0 Å². The molecule has 0 aromatic heterocycles. The molecule has 2 aliphatic rings. The van der Waals surface area contributed by atoms with E-state index in [1.165, 1.54) is 5.56 Å². The van der Waals surface area contributed by atoms with E-state index in [1.807, 2.05) is 66.7 Å². The normalized spacial score (nSPS) is 18.6. The van der Waals surface area contributed by atoms with E-state index in [-0.39, 0.29) is 18.4 Å². The van der Waals surface area contributed by atoms with Crippen LogP contribution >= 0.6 is 0 Å². The summed E-state index contributed by atoms with van der Waals surface area (Å²) in [6.07, 6.45) is 2.56. The van der Waals surface area contributed by atoms with Gasteiger partial charge in [-0.2, -0.15) is 0 Å². The predicted molar refractivity (Wildman–Crippen MR) is 158 cm³/mol. The fourth-order valence-corrected chi connectivity index (χ4v) is 5.77. The molecule has 5 rings (SSSR count). The maximum Gasteiger partial charge on any atom is 0.407 e. The van der Waals surface area contributed by atoms with Gasteiger partial charge in [0.15, 0.2) is 0 Å². The van der Waals surface area contributed by atoms with E-state index in [1.54, 1.807) is 4.90 Å². The molecule has 1 atom stereocenters. The second-order valence-electron chi connectivity index (χ2n) is 10.8. The number of ether oxygens (including phenoxy) is 1. The first-order valence-electron chi connectivity index (χ1n) is 14.5. The van der Waals surface area contributed by atoms with E-state index in [4.69, 9.17) is 4.74 Å². The molecule has 3 aromatic rings. The van der Waals surface area contributed by atoms with E-state index in [2.05, 4.69) is 39.8 Å². The molecule has 8 heteroatoms. The fraction of sp³-hybridized carbons (Fsp3) is 0.364. The highest BCUT2D eigenvalue weighted by atomic mass is 16.5. The highest BCUT2D eigenvalue weighted by Crippen LogP contribution is 2.37. The minimum atomic E-state index is -0.905. The molecule has 0 aliphatic carbocycles. The summed E-state index contributed by atoms with van der Waals surface area (Å²) in [7, 11) is 0. The second kappa shape index (κ2) is 13.5. The maximum atomic E-state index is 13.9. The van der Waals surface area contributed by atoms with Gasteiger partial charge in [-0.3, -0.25) is 14.5 Å². The van der Waals surface area contributed by atoms with Crippen molar-refractivity contribution in [3.05, 3.63) is 102 Å². The summed E-state index contributed by atoms with van der Waals surface area (Å²) < 4.78 is 5.26. The van der Waals surface area contributed by atoms with Crippen molar-refractivity contribution >= 4 is 23.6 Å². The number of alkyl carbamates (subject to hydrolysis) is 1. The van der Waals surface area contributed by atoms with Gasteiger partial charge in [-0.1, -0.05) is 78.9 Å². The Morgan fingerprint density at radius 1 is 0.878 bits per heavy atom. The molecule has 1 spiro atoms. The van der Waals surface area contributed by atoms with E-state index in [0.717, 1.165) is 37.3 Å². The zero-order valence-corrected chi connectivity index (χ0v) is 23.3. The van der Waals surface area contributed by atoms with E-state index >= 15 is 0 Å². The molecule has 0 bridgehead atoms. The van der Waals surface area contributed by atoms with Gasteiger partial charge in [0.1, 0.15) is 18.2 Å². The van der Waals surface area contributed by atoms with Crippen molar-refractivity contribution in [2.24, 2.45) is 0 Å². The topological polar surface area (TPSA) is 91.0 Å². The number of carbonyl (C=O) groups is 3. The van der Waals surface area contributed by atoms with Gasteiger partial charge in [0.25, 0.3) is 5.91 Å². The highest BCUT2D eigenvalue weighted by Gasteiger charge is 2.54. The third-order valence-electron chi connectivity index (χ3n) is 8.08. The van der Waals surface area contributed by atoms with Crippen LogP contribution in [-0.4, -0.2) is 60.6 Å². The van der Waals surface area contributed by atoms with Crippen LogP contribution in [0.2, 0.25) is 0 Å². The van der Waals surface area contributed by atoms with Crippen molar-refractivity contribution < 1.29 is 19.1 Å².